The van der Waals surface area contributed by atoms with Gasteiger partial charge in [0.05, 0.1) is 0 Å². The van der Waals surface area contributed by atoms with E-state index in [0.717, 1.165) is 18.0 Å². The van der Waals surface area contributed by atoms with Crippen molar-refractivity contribution in [2.24, 2.45) is 5.92 Å². The lowest BCUT2D eigenvalue weighted by molar-refractivity contribution is 0.0919. The molecule has 0 bridgehead atoms. The Morgan fingerprint density at radius 1 is 1.00 bits per heavy atom. The summed E-state index contributed by atoms with van der Waals surface area (Å²) in [5, 5.41) is 3.88. The lowest BCUT2D eigenvalue weighted by Crippen LogP contribution is -2.58. The molecule has 2 heteroatoms. The maximum absolute atomic E-state index is 3.88. The number of unbranched alkanes of at least 4 members (excludes halogenated alkanes) is 3. The highest BCUT2D eigenvalue weighted by Crippen LogP contribution is 2.28. The number of nitrogens with one attached hydrogen (secondary N) is 1. The highest BCUT2D eigenvalue weighted by Gasteiger charge is 2.31. The van der Waals surface area contributed by atoms with Crippen molar-refractivity contribution < 1.29 is 0 Å². The zero-order chi connectivity index (χ0) is 14.2. The molecule has 2 fully saturated rings. The van der Waals surface area contributed by atoms with Crippen molar-refractivity contribution in [3.63, 3.8) is 0 Å². The van der Waals surface area contributed by atoms with E-state index in [4.69, 9.17) is 0 Å². The van der Waals surface area contributed by atoms with Crippen LogP contribution >= 0.6 is 0 Å². The monoisotopic (exact) mass is 280 g/mol. The molecule has 20 heavy (non-hydrogen) atoms. The van der Waals surface area contributed by atoms with Crippen molar-refractivity contribution in [2.75, 3.05) is 19.6 Å². The standard InChI is InChI=1S/C18H36N2/c1-3-5-6-10-13-20-15-18(19-14-17(20)4-2)16-11-8-7-9-12-16/h16-19H,3-15H2,1-2H3. The third kappa shape index (κ3) is 4.73. The van der Waals surface area contributed by atoms with Crippen molar-refractivity contribution in [2.45, 2.75) is 90.1 Å². The average molecular weight is 280 g/mol. The number of hydrogen-bond acceptors (Lipinski definition) is 2. The van der Waals surface area contributed by atoms with Crippen molar-refractivity contribution in [1.29, 1.82) is 0 Å². The predicted octanol–water partition coefficient (Wildman–Crippen LogP) is 4.20. The molecule has 1 saturated carbocycles. The van der Waals surface area contributed by atoms with Gasteiger partial charge in [-0.15, -0.1) is 0 Å². The second-order valence-corrected chi connectivity index (χ2v) is 7.03. The highest BCUT2D eigenvalue weighted by molar-refractivity contribution is 4.90. The smallest absolute Gasteiger partial charge is 0.0224 e. The number of nitrogens with zero attached hydrogens (tertiary/aromatic N) is 1. The van der Waals surface area contributed by atoms with Crippen LogP contribution in [0.15, 0.2) is 0 Å². The lowest BCUT2D eigenvalue weighted by atomic mass is 9.82. The minimum Gasteiger partial charge on any atom is -0.311 e. The zero-order valence-corrected chi connectivity index (χ0v) is 13.9. The van der Waals surface area contributed by atoms with Crippen LogP contribution in [0.4, 0.5) is 0 Å². The summed E-state index contributed by atoms with van der Waals surface area (Å²) in [5.74, 6) is 0.958. The van der Waals surface area contributed by atoms with Crippen LogP contribution in [0.2, 0.25) is 0 Å². The van der Waals surface area contributed by atoms with Gasteiger partial charge < -0.3 is 5.32 Å². The van der Waals surface area contributed by atoms with Crippen molar-refractivity contribution in [1.82, 2.24) is 10.2 Å². The first-order valence-electron chi connectivity index (χ1n) is 9.32. The van der Waals surface area contributed by atoms with Gasteiger partial charge in [-0.25, -0.2) is 0 Å². The Balaban J connectivity index is 1.79. The van der Waals surface area contributed by atoms with Crippen molar-refractivity contribution in [3.8, 4) is 0 Å². The number of piperazine rings is 1. The minimum atomic E-state index is 0.782. The Kier molecular flexibility index (Phi) is 7.37. The van der Waals surface area contributed by atoms with E-state index in [2.05, 4.69) is 24.1 Å². The van der Waals surface area contributed by atoms with Gasteiger partial charge in [0.1, 0.15) is 0 Å². The fourth-order valence-electron chi connectivity index (χ4n) is 4.15. The largest absolute Gasteiger partial charge is 0.311 e. The molecule has 1 saturated heterocycles. The molecule has 0 radical (unpaired) electrons. The second kappa shape index (κ2) is 9.04. The topological polar surface area (TPSA) is 15.3 Å². The van der Waals surface area contributed by atoms with E-state index in [9.17, 15) is 0 Å². The fraction of sp³-hybridized carbons (Fsp3) is 1.00. The third-order valence-corrected chi connectivity index (χ3v) is 5.55. The molecule has 1 aliphatic heterocycles. The van der Waals surface area contributed by atoms with Gasteiger partial charge in [0.15, 0.2) is 0 Å². The van der Waals surface area contributed by atoms with E-state index in [1.807, 2.05) is 0 Å². The van der Waals surface area contributed by atoms with Gasteiger partial charge in [-0.1, -0.05) is 52.4 Å². The van der Waals surface area contributed by atoms with Crippen LogP contribution in [0, 0.1) is 5.92 Å². The molecular weight excluding hydrogens is 244 g/mol. The van der Waals surface area contributed by atoms with Gasteiger partial charge in [-0.3, -0.25) is 4.90 Å². The normalized spacial score (nSPS) is 29.7. The van der Waals surface area contributed by atoms with Crippen molar-refractivity contribution >= 4 is 0 Å². The van der Waals surface area contributed by atoms with Gasteiger partial charge in [-0.05, 0) is 38.1 Å². The Hall–Kier alpha value is -0.0800. The molecule has 118 valence electrons. The Morgan fingerprint density at radius 2 is 1.80 bits per heavy atom. The quantitative estimate of drug-likeness (QED) is 0.703. The lowest BCUT2D eigenvalue weighted by Gasteiger charge is -2.44. The van der Waals surface area contributed by atoms with Crippen LogP contribution in [-0.4, -0.2) is 36.6 Å². The van der Waals surface area contributed by atoms with Crippen LogP contribution in [0.5, 0.6) is 0 Å². The van der Waals surface area contributed by atoms with Gasteiger partial charge in [0.2, 0.25) is 0 Å². The third-order valence-electron chi connectivity index (χ3n) is 5.55. The predicted molar refractivity (Wildman–Crippen MR) is 88.2 cm³/mol. The van der Waals surface area contributed by atoms with E-state index in [1.165, 1.54) is 83.8 Å². The average Bonchev–Trinajstić information content (AvgIpc) is 2.52. The van der Waals surface area contributed by atoms with Gasteiger partial charge in [-0.2, -0.15) is 0 Å². The summed E-state index contributed by atoms with van der Waals surface area (Å²) in [5.41, 5.74) is 0. The fourth-order valence-corrected chi connectivity index (χ4v) is 4.15. The first-order valence-corrected chi connectivity index (χ1v) is 9.32. The number of hydrogen-bond donors (Lipinski definition) is 1. The Labute approximate surface area is 126 Å². The van der Waals surface area contributed by atoms with Crippen LogP contribution < -0.4 is 5.32 Å². The highest BCUT2D eigenvalue weighted by atomic mass is 15.2. The van der Waals surface area contributed by atoms with E-state index in [-0.39, 0.29) is 0 Å². The van der Waals surface area contributed by atoms with E-state index >= 15 is 0 Å². The summed E-state index contributed by atoms with van der Waals surface area (Å²) in [7, 11) is 0. The first kappa shape index (κ1) is 16.3. The molecule has 2 unspecified atom stereocenters. The maximum atomic E-state index is 3.88. The van der Waals surface area contributed by atoms with Crippen LogP contribution in [0.3, 0.4) is 0 Å². The molecule has 0 amide bonds. The second-order valence-electron chi connectivity index (χ2n) is 7.03. The van der Waals surface area contributed by atoms with Crippen molar-refractivity contribution in [3.05, 3.63) is 0 Å². The minimum absolute atomic E-state index is 0.782. The Bertz CT molecular complexity index is 248. The summed E-state index contributed by atoms with van der Waals surface area (Å²) in [6, 6.07) is 1.57. The van der Waals surface area contributed by atoms with Gasteiger partial charge in [0.25, 0.3) is 0 Å². The molecule has 2 aliphatic rings. The van der Waals surface area contributed by atoms with Gasteiger partial charge >= 0.3 is 0 Å². The summed E-state index contributed by atoms with van der Waals surface area (Å²) in [6.07, 6.45) is 14.2. The van der Waals surface area contributed by atoms with E-state index in [1.54, 1.807) is 0 Å². The van der Waals surface area contributed by atoms with Gasteiger partial charge in [0, 0.05) is 25.2 Å². The van der Waals surface area contributed by atoms with Crippen LogP contribution in [-0.2, 0) is 0 Å². The first-order chi connectivity index (χ1) is 9.85. The molecule has 2 nitrogen and oxygen atoms in total. The van der Waals surface area contributed by atoms with Crippen LogP contribution in [0.1, 0.15) is 78.1 Å². The molecule has 2 atom stereocenters. The molecule has 0 aromatic heterocycles. The molecule has 0 aromatic rings. The molecule has 1 N–H and O–H groups in total. The molecule has 1 heterocycles. The SMILES string of the molecule is CCCCCCN1CC(C2CCCCC2)NCC1CC. The summed E-state index contributed by atoms with van der Waals surface area (Å²) in [4.78, 5) is 2.81. The molecule has 1 aliphatic carbocycles. The van der Waals surface area contributed by atoms with E-state index < -0.39 is 0 Å². The Morgan fingerprint density at radius 3 is 2.50 bits per heavy atom. The summed E-state index contributed by atoms with van der Waals surface area (Å²) >= 11 is 0. The molecular formula is C18H36N2. The molecule has 0 aromatic carbocycles. The molecule has 0 spiro atoms. The zero-order valence-electron chi connectivity index (χ0n) is 13.9. The molecule has 2 rings (SSSR count). The van der Waals surface area contributed by atoms with E-state index in [0.29, 0.717) is 0 Å². The maximum Gasteiger partial charge on any atom is 0.0224 e. The summed E-state index contributed by atoms with van der Waals surface area (Å²) in [6.45, 7) is 8.54. The number of rotatable bonds is 7. The summed E-state index contributed by atoms with van der Waals surface area (Å²) < 4.78 is 0. The van der Waals surface area contributed by atoms with Crippen LogP contribution in [0.25, 0.3) is 0 Å².